The molecule has 0 spiro atoms. The van der Waals surface area contributed by atoms with Crippen molar-refractivity contribution in [3.63, 3.8) is 0 Å². The van der Waals surface area contributed by atoms with Crippen LogP contribution in [-0.4, -0.2) is 40.4 Å². The highest BCUT2D eigenvalue weighted by atomic mass is 16.3. The minimum absolute atomic E-state index is 1.28. The van der Waals surface area contributed by atoms with Crippen molar-refractivity contribution in [2.45, 2.75) is 25.0 Å². The van der Waals surface area contributed by atoms with E-state index in [1.54, 1.807) is 19.0 Å². The molecule has 2 atom stereocenters. The summed E-state index contributed by atoms with van der Waals surface area (Å²) in [4.78, 5) is 1.60. The van der Waals surface area contributed by atoms with Crippen LogP contribution in [-0.2, 0) is 0 Å². The van der Waals surface area contributed by atoms with Crippen LogP contribution in [0.15, 0.2) is 12.7 Å². The van der Waals surface area contributed by atoms with Crippen LogP contribution in [0.1, 0.15) is 13.8 Å². The van der Waals surface area contributed by atoms with Gasteiger partial charge in [0.15, 0.2) is 5.60 Å². The average Bonchev–Trinajstić information content (AvgIpc) is 2.01. The van der Waals surface area contributed by atoms with E-state index in [1.165, 1.54) is 19.9 Å². The SMILES string of the molecule is C=CC(C)(O)[C@@](C)(O)C#CN(C)C. The molecule has 74 valence electrons. The van der Waals surface area contributed by atoms with Crippen molar-refractivity contribution in [1.29, 1.82) is 0 Å². The van der Waals surface area contributed by atoms with Gasteiger partial charge in [0, 0.05) is 20.1 Å². The minimum atomic E-state index is -1.49. The smallest absolute Gasteiger partial charge is 0.156 e. The van der Waals surface area contributed by atoms with E-state index in [-0.39, 0.29) is 0 Å². The van der Waals surface area contributed by atoms with Gasteiger partial charge in [0.25, 0.3) is 0 Å². The summed E-state index contributed by atoms with van der Waals surface area (Å²) in [5.41, 5.74) is -2.89. The summed E-state index contributed by atoms with van der Waals surface area (Å²) in [5.74, 6) is 2.56. The van der Waals surface area contributed by atoms with Crippen molar-refractivity contribution in [2.75, 3.05) is 14.1 Å². The first-order valence-electron chi connectivity index (χ1n) is 4.01. The maximum absolute atomic E-state index is 9.77. The van der Waals surface area contributed by atoms with E-state index in [4.69, 9.17) is 0 Å². The van der Waals surface area contributed by atoms with Crippen LogP contribution >= 0.6 is 0 Å². The first-order valence-corrected chi connectivity index (χ1v) is 4.01. The van der Waals surface area contributed by atoms with E-state index in [0.717, 1.165) is 0 Å². The Kier molecular flexibility index (Phi) is 3.53. The summed E-state index contributed by atoms with van der Waals surface area (Å²) in [6.07, 6.45) is 1.28. The van der Waals surface area contributed by atoms with Crippen molar-refractivity contribution in [2.24, 2.45) is 0 Å². The monoisotopic (exact) mass is 183 g/mol. The quantitative estimate of drug-likeness (QED) is 0.365. The number of hydrogen-bond donors (Lipinski definition) is 2. The molecule has 2 N–H and O–H groups in total. The van der Waals surface area contributed by atoms with Gasteiger partial charge in [-0.1, -0.05) is 6.08 Å². The molecule has 0 saturated carbocycles. The predicted octanol–water partition coefficient (Wildman–Crippen LogP) is 0.197. The van der Waals surface area contributed by atoms with E-state index < -0.39 is 11.2 Å². The largest absolute Gasteiger partial charge is 0.382 e. The number of nitrogens with zero attached hydrogens (tertiary/aromatic N) is 1. The fourth-order valence-electron chi connectivity index (χ4n) is 0.546. The third kappa shape index (κ3) is 3.10. The van der Waals surface area contributed by atoms with Gasteiger partial charge in [-0.2, -0.15) is 0 Å². The summed E-state index contributed by atoms with van der Waals surface area (Å²) < 4.78 is 0. The van der Waals surface area contributed by atoms with Gasteiger partial charge in [0.05, 0.1) is 0 Å². The third-order valence-electron chi connectivity index (χ3n) is 1.91. The zero-order chi connectivity index (χ0) is 10.7. The Labute approximate surface area is 79.7 Å². The van der Waals surface area contributed by atoms with Crippen LogP contribution in [0.2, 0.25) is 0 Å². The first-order chi connectivity index (χ1) is 5.73. The van der Waals surface area contributed by atoms with Gasteiger partial charge in [0.1, 0.15) is 5.60 Å². The first kappa shape index (κ1) is 12.0. The van der Waals surface area contributed by atoms with E-state index in [1.807, 2.05) is 0 Å². The highest BCUT2D eigenvalue weighted by Gasteiger charge is 2.37. The zero-order valence-electron chi connectivity index (χ0n) is 8.63. The van der Waals surface area contributed by atoms with Crippen LogP contribution in [0.3, 0.4) is 0 Å². The second kappa shape index (κ2) is 3.82. The lowest BCUT2D eigenvalue weighted by Crippen LogP contribution is -2.47. The molecule has 0 aromatic rings. The van der Waals surface area contributed by atoms with Crippen molar-refractivity contribution in [1.82, 2.24) is 4.90 Å². The Morgan fingerprint density at radius 1 is 1.31 bits per heavy atom. The highest BCUT2D eigenvalue weighted by molar-refractivity contribution is 5.22. The maximum Gasteiger partial charge on any atom is 0.156 e. The van der Waals surface area contributed by atoms with Crippen molar-refractivity contribution < 1.29 is 10.2 Å². The minimum Gasteiger partial charge on any atom is -0.382 e. The van der Waals surface area contributed by atoms with Crippen LogP contribution in [0, 0.1) is 12.0 Å². The number of hydrogen-bond acceptors (Lipinski definition) is 3. The summed E-state index contributed by atoms with van der Waals surface area (Å²) in [7, 11) is 3.51. The molecular weight excluding hydrogens is 166 g/mol. The van der Waals surface area contributed by atoms with Crippen molar-refractivity contribution >= 4 is 0 Å². The molecule has 0 aliphatic carbocycles. The lowest BCUT2D eigenvalue weighted by atomic mass is 9.87. The fraction of sp³-hybridized carbons (Fsp3) is 0.600. The summed E-state index contributed by atoms with van der Waals surface area (Å²) in [6, 6.07) is 2.65. The fourth-order valence-corrected chi connectivity index (χ4v) is 0.546. The molecule has 3 heteroatoms. The van der Waals surface area contributed by atoms with Crippen LogP contribution < -0.4 is 0 Å². The average molecular weight is 183 g/mol. The van der Waals surface area contributed by atoms with Gasteiger partial charge < -0.3 is 15.1 Å². The van der Waals surface area contributed by atoms with Gasteiger partial charge in [-0.25, -0.2) is 0 Å². The molecule has 1 unspecified atom stereocenters. The van der Waals surface area contributed by atoms with Crippen molar-refractivity contribution in [3.05, 3.63) is 12.7 Å². The third-order valence-corrected chi connectivity index (χ3v) is 1.91. The molecule has 0 aliphatic rings. The summed E-state index contributed by atoms with van der Waals surface area (Å²) >= 11 is 0. The number of rotatable bonds is 2. The van der Waals surface area contributed by atoms with Gasteiger partial charge in [-0.3, -0.25) is 0 Å². The molecule has 0 saturated heterocycles. The lowest BCUT2D eigenvalue weighted by Gasteiger charge is -2.31. The standard InChI is InChI=1S/C10H17NO2/c1-6-9(2,12)10(3,13)7-8-11(4)5/h6,12-13H,1H2,2-5H3/t9?,10-/m0/s1. The Morgan fingerprint density at radius 2 is 1.77 bits per heavy atom. The molecule has 0 fully saturated rings. The number of aliphatic hydroxyl groups is 2. The Morgan fingerprint density at radius 3 is 2.08 bits per heavy atom. The molecule has 0 bridgehead atoms. The van der Waals surface area contributed by atoms with Gasteiger partial charge in [-0.15, -0.1) is 6.58 Å². The second-order valence-corrected chi connectivity index (χ2v) is 3.56. The molecule has 0 radical (unpaired) electrons. The van der Waals surface area contributed by atoms with E-state index >= 15 is 0 Å². The molecule has 3 nitrogen and oxygen atoms in total. The molecule has 0 aromatic carbocycles. The molecular formula is C10H17NO2. The lowest BCUT2D eigenvalue weighted by molar-refractivity contribution is -0.0618. The normalized spacial score (nSPS) is 18.9. The highest BCUT2D eigenvalue weighted by Crippen LogP contribution is 2.21. The van der Waals surface area contributed by atoms with Crippen LogP contribution in [0.5, 0.6) is 0 Å². The van der Waals surface area contributed by atoms with Gasteiger partial charge in [-0.05, 0) is 19.8 Å². The molecule has 13 heavy (non-hydrogen) atoms. The van der Waals surface area contributed by atoms with E-state index in [9.17, 15) is 10.2 Å². The summed E-state index contributed by atoms with van der Waals surface area (Å²) in [5, 5.41) is 19.4. The predicted molar refractivity (Wildman–Crippen MR) is 52.9 cm³/mol. The zero-order valence-corrected chi connectivity index (χ0v) is 8.63. The van der Waals surface area contributed by atoms with Crippen molar-refractivity contribution in [3.8, 4) is 12.0 Å². The van der Waals surface area contributed by atoms with Gasteiger partial charge in [0.2, 0.25) is 0 Å². The molecule has 0 rings (SSSR count). The summed E-state index contributed by atoms with van der Waals surface area (Å²) in [6.45, 7) is 6.35. The van der Waals surface area contributed by atoms with Gasteiger partial charge >= 0.3 is 0 Å². The second-order valence-electron chi connectivity index (χ2n) is 3.56. The molecule has 0 aromatic heterocycles. The Hall–Kier alpha value is -0.980. The van der Waals surface area contributed by atoms with E-state index in [0.29, 0.717) is 0 Å². The molecule has 0 heterocycles. The molecule has 0 amide bonds. The molecule has 0 aliphatic heterocycles. The van der Waals surface area contributed by atoms with Crippen LogP contribution in [0.25, 0.3) is 0 Å². The van der Waals surface area contributed by atoms with Crippen LogP contribution in [0.4, 0.5) is 0 Å². The maximum atomic E-state index is 9.77. The Bertz CT molecular complexity index is 243. The topological polar surface area (TPSA) is 43.7 Å². The Balaban J connectivity index is 4.80. The van der Waals surface area contributed by atoms with E-state index in [2.05, 4.69) is 18.5 Å².